The molecule has 136 valence electrons. The van der Waals surface area contributed by atoms with Gasteiger partial charge in [0.05, 0.1) is 6.54 Å². The number of nitrogens with one attached hydrogen (secondary N) is 1. The van der Waals surface area contributed by atoms with Crippen molar-refractivity contribution in [3.05, 3.63) is 53.8 Å². The Bertz CT molecular complexity index is 1050. The zero-order valence-corrected chi connectivity index (χ0v) is 14.8. The van der Waals surface area contributed by atoms with Crippen molar-refractivity contribution in [1.82, 2.24) is 15.4 Å². The molecule has 6 nitrogen and oxygen atoms in total. The zero-order chi connectivity index (χ0) is 18.4. The minimum atomic E-state index is -0.403. The summed E-state index contributed by atoms with van der Waals surface area (Å²) in [6.45, 7) is 1.05. The van der Waals surface area contributed by atoms with Gasteiger partial charge < -0.3 is 14.7 Å². The summed E-state index contributed by atoms with van der Waals surface area (Å²) in [6.07, 6.45) is 1.63. The Hall–Kier alpha value is -3.15. The third-order valence-corrected chi connectivity index (χ3v) is 5.48. The first-order valence-electron chi connectivity index (χ1n) is 9.24. The highest BCUT2D eigenvalue weighted by Crippen LogP contribution is 2.34. The summed E-state index contributed by atoms with van der Waals surface area (Å²) in [6, 6.07) is 13.9. The Morgan fingerprint density at radius 2 is 2.00 bits per heavy atom. The molecule has 0 radical (unpaired) electrons. The van der Waals surface area contributed by atoms with E-state index in [0.717, 1.165) is 33.4 Å². The Balaban J connectivity index is 1.50. The average molecular weight is 361 g/mol. The smallest absolute Gasteiger partial charge is 0.245 e. The summed E-state index contributed by atoms with van der Waals surface area (Å²) in [5, 5.41) is 9.37. The molecule has 0 unspecified atom stereocenters. The molecule has 0 saturated carbocycles. The Labute approximate surface area is 156 Å². The summed E-state index contributed by atoms with van der Waals surface area (Å²) in [4.78, 5) is 26.1. The molecule has 6 heteroatoms. The normalized spacial score (nSPS) is 19.2. The van der Waals surface area contributed by atoms with E-state index in [1.807, 2.05) is 29.2 Å². The lowest BCUT2D eigenvalue weighted by Crippen LogP contribution is -2.46. The van der Waals surface area contributed by atoms with Gasteiger partial charge in [0.1, 0.15) is 17.5 Å². The van der Waals surface area contributed by atoms with Gasteiger partial charge in [0.25, 0.3) is 0 Å². The molecule has 2 aliphatic rings. The van der Waals surface area contributed by atoms with E-state index in [1.165, 1.54) is 0 Å². The van der Waals surface area contributed by atoms with Crippen LogP contribution in [0, 0.1) is 0 Å². The van der Waals surface area contributed by atoms with Gasteiger partial charge in [0, 0.05) is 30.5 Å². The lowest BCUT2D eigenvalue weighted by Gasteiger charge is -2.28. The van der Waals surface area contributed by atoms with Gasteiger partial charge in [-0.3, -0.25) is 9.59 Å². The quantitative estimate of drug-likeness (QED) is 0.761. The highest BCUT2D eigenvalue weighted by atomic mass is 16.5. The third kappa shape index (κ3) is 2.68. The average Bonchev–Trinajstić information content (AvgIpc) is 3.32. The number of aromatic nitrogens is 1. The highest BCUT2D eigenvalue weighted by Gasteiger charge is 2.34. The number of benzene rings is 2. The van der Waals surface area contributed by atoms with Crippen molar-refractivity contribution in [3.8, 4) is 11.3 Å². The van der Waals surface area contributed by atoms with Crippen LogP contribution in [-0.4, -0.2) is 34.5 Å². The fraction of sp³-hybridized carbons (Fsp3) is 0.286. The van der Waals surface area contributed by atoms with Crippen molar-refractivity contribution >= 4 is 22.6 Å². The SMILES string of the molecule is O=C1CC[C@@H](C(=O)N2CCc3onc(-c4cccc5ccccc45)c3C2)N1. The van der Waals surface area contributed by atoms with Gasteiger partial charge in [-0.15, -0.1) is 0 Å². The van der Waals surface area contributed by atoms with Crippen molar-refractivity contribution in [2.24, 2.45) is 0 Å². The minimum Gasteiger partial charge on any atom is -0.360 e. The van der Waals surface area contributed by atoms with E-state index in [2.05, 4.69) is 28.7 Å². The second-order valence-electron chi connectivity index (χ2n) is 7.13. The number of nitrogens with zero attached hydrogens (tertiary/aromatic N) is 2. The maximum atomic E-state index is 12.8. The fourth-order valence-electron chi connectivity index (χ4n) is 4.06. The number of carbonyl (C=O) groups excluding carboxylic acids is 2. The first-order chi connectivity index (χ1) is 13.2. The van der Waals surface area contributed by atoms with Crippen LogP contribution in [0.4, 0.5) is 0 Å². The molecule has 5 rings (SSSR count). The molecule has 0 spiro atoms. The second kappa shape index (κ2) is 6.23. The van der Waals surface area contributed by atoms with Gasteiger partial charge in [-0.05, 0) is 17.2 Å². The largest absolute Gasteiger partial charge is 0.360 e. The molecule has 1 N–H and O–H groups in total. The van der Waals surface area contributed by atoms with Crippen LogP contribution in [-0.2, 0) is 22.6 Å². The van der Waals surface area contributed by atoms with E-state index >= 15 is 0 Å². The summed E-state index contributed by atoms with van der Waals surface area (Å²) >= 11 is 0. The van der Waals surface area contributed by atoms with Crippen LogP contribution in [0.5, 0.6) is 0 Å². The first kappa shape index (κ1) is 16.1. The van der Waals surface area contributed by atoms with Crippen LogP contribution in [0.15, 0.2) is 47.0 Å². The molecule has 1 aromatic heterocycles. The van der Waals surface area contributed by atoms with Gasteiger partial charge in [0.15, 0.2) is 0 Å². The molecule has 2 aliphatic heterocycles. The van der Waals surface area contributed by atoms with E-state index in [4.69, 9.17) is 4.52 Å². The molecular weight excluding hydrogens is 342 g/mol. The van der Waals surface area contributed by atoms with Crippen LogP contribution in [0.3, 0.4) is 0 Å². The maximum absolute atomic E-state index is 12.8. The molecule has 27 heavy (non-hydrogen) atoms. The van der Waals surface area contributed by atoms with E-state index in [1.54, 1.807) is 0 Å². The predicted molar refractivity (Wildman–Crippen MR) is 99.7 cm³/mol. The Morgan fingerprint density at radius 1 is 1.15 bits per heavy atom. The molecule has 2 aromatic carbocycles. The van der Waals surface area contributed by atoms with Gasteiger partial charge >= 0.3 is 0 Å². The lowest BCUT2D eigenvalue weighted by molar-refractivity contribution is -0.135. The maximum Gasteiger partial charge on any atom is 0.245 e. The summed E-state index contributed by atoms with van der Waals surface area (Å²) < 4.78 is 5.60. The number of rotatable bonds is 2. The van der Waals surface area contributed by atoms with Gasteiger partial charge in [-0.1, -0.05) is 47.6 Å². The predicted octanol–water partition coefficient (Wildman–Crippen LogP) is 2.66. The van der Waals surface area contributed by atoms with Crippen LogP contribution >= 0.6 is 0 Å². The van der Waals surface area contributed by atoms with Crippen molar-refractivity contribution < 1.29 is 14.1 Å². The topological polar surface area (TPSA) is 75.4 Å². The zero-order valence-electron chi connectivity index (χ0n) is 14.8. The van der Waals surface area contributed by atoms with Crippen molar-refractivity contribution in [2.75, 3.05) is 6.54 Å². The highest BCUT2D eigenvalue weighted by molar-refractivity contribution is 5.96. The molecule has 1 saturated heterocycles. The fourth-order valence-corrected chi connectivity index (χ4v) is 4.06. The van der Waals surface area contributed by atoms with Gasteiger partial charge in [-0.25, -0.2) is 0 Å². The van der Waals surface area contributed by atoms with Crippen molar-refractivity contribution in [3.63, 3.8) is 0 Å². The molecule has 0 aliphatic carbocycles. The molecule has 0 bridgehead atoms. The molecule has 1 fully saturated rings. The molecule has 1 atom stereocenters. The lowest BCUT2D eigenvalue weighted by atomic mass is 9.96. The Morgan fingerprint density at radius 3 is 2.85 bits per heavy atom. The van der Waals surface area contributed by atoms with E-state index < -0.39 is 6.04 Å². The van der Waals surface area contributed by atoms with Crippen LogP contribution in [0.25, 0.3) is 22.0 Å². The first-order valence-corrected chi connectivity index (χ1v) is 9.24. The molecular formula is C21H19N3O3. The van der Waals surface area contributed by atoms with Gasteiger partial charge in [0.2, 0.25) is 11.8 Å². The molecule has 3 aromatic rings. The number of hydrogen-bond acceptors (Lipinski definition) is 4. The van der Waals surface area contributed by atoms with E-state index in [-0.39, 0.29) is 11.8 Å². The van der Waals surface area contributed by atoms with Gasteiger partial charge in [-0.2, -0.15) is 0 Å². The molecule has 2 amide bonds. The third-order valence-electron chi connectivity index (χ3n) is 5.48. The molecule has 3 heterocycles. The standard InChI is InChI=1S/C21H19N3O3/c25-19-9-8-17(22-19)21(26)24-11-10-18-16(12-24)20(23-27-18)15-7-3-5-13-4-1-2-6-14(13)15/h1-7,17H,8-12H2,(H,22,25)/t17-/m0/s1. The van der Waals surface area contributed by atoms with Crippen molar-refractivity contribution in [2.45, 2.75) is 31.8 Å². The van der Waals surface area contributed by atoms with Crippen LogP contribution < -0.4 is 5.32 Å². The number of carbonyl (C=O) groups is 2. The second-order valence-corrected chi connectivity index (χ2v) is 7.13. The van der Waals surface area contributed by atoms with E-state index in [0.29, 0.717) is 32.4 Å². The van der Waals surface area contributed by atoms with Crippen molar-refractivity contribution in [1.29, 1.82) is 0 Å². The number of fused-ring (bicyclic) bond motifs is 2. The Kier molecular flexibility index (Phi) is 3.70. The summed E-state index contributed by atoms with van der Waals surface area (Å²) in [5.74, 6) is 0.779. The van der Waals surface area contributed by atoms with Crippen LogP contribution in [0.1, 0.15) is 24.2 Å². The number of hydrogen-bond donors (Lipinski definition) is 1. The summed E-state index contributed by atoms with van der Waals surface area (Å²) in [7, 11) is 0. The van der Waals surface area contributed by atoms with E-state index in [9.17, 15) is 9.59 Å². The van der Waals surface area contributed by atoms with Crippen LogP contribution in [0.2, 0.25) is 0 Å². The number of amides is 2. The monoisotopic (exact) mass is 361 g/mol. The summed E-state index contributed by atoms with van der Waals surface area (Å²) in [5.41, 5.74) is 2.78. The minimum absolute atomic E-state index is 0.0171.